The average molecular weight is 424 g/mol. The van der Waals surface area contributed by atoms with E-state index in [1.54, 1.807) is 35.6 Å². The van der Waals surface area contributed by atoms with E-state index >= 15 is 0 Å². The predicted molar refractivity (Wildman–Crippen MR) is 118 cm³/mol. The number of hydrogen-bond acceptors (Lipinski definition) is 5. The molecule has 1 aliphatic rings. The molecule has 0 unspecified atom stereocenters. The Morgan fingerprint density at radius 2 is 2.00 bits per heavy atom. The van der Waals surface area contributed by atoms with Gasteiger partial charge in [-0.25, -0.2) is 4.98 Å². The number of ether oxygens (including phenoxy) is 1. The number of fused-ring (bicyclic) bond motifs is 1. The minimum Gasteiger partial charge on any atom is -0.494 e. The van der Waals surface area contributed by atoms with Crippen LogP contribution in [-0.4, -0.2) is 47.9 Å². The van der Waals surface area contributed by atoms with Gasteiger partial charge in [-0.3, -0.25) is 9.59 Å². The molecule has 1 N–H and O–H groups in total. The number of benzene rings is 2. The third kappa shape index (κ3) is 4.62. The van der Waals surface area contributed by atoms with Crippen molar-refractivity contribution in [2.24, 2.45) is 0 Å². The lowest BCUT2D eigenvalue weighted by Crippen LogP contribution is -2.44. The number of thiazole rings is 1. The molecule has 0 aliphatic carbocycles. The monoisotopic (exact) mass is 423 g/mol. The Morgan fingerprint density at radius 1 is 1.20 bits per heavy atom. The standard InChI is InChI=1S/C23H25N3O3S/c1-2-29-18-11-9-16(10-12-18)22(28)24-14-21(27)26-13-5-6-17(15-26)23-25-19-7-3-4-8-20(19)30-23/h3-4,7-12,17H,2,5-6,13-15H2,1H3,(H,24,28)/t17-/m1/s1. The Kier molecular flexibility index (Phi) is 6.28. The fraction of sp³-hybridized carbons (Fsp3) is 0.348. The first-order valence-corrected chi connectivity index (χ1v) is 11.1. The molecule has 2 heterocycles. The van der Waals surface area contributed by atoms with Crippen molar-refractivity contribution in [3.8, 4) is 5.75 Å². The van der Waals surface area contributed by atoms with Gasteiger partial charge < -0.3 is 15.0 Å². The second-order valence-corrected chi connectivity index (χ2v) is 8.40. The van der Waals surface area contributed by atoms with Crippen LogP contribution < -0.4 is 10.1 Å². The highest BCUT2D eigenvalue weighted by atomic mass is 32.1. The van der Waals surface area contributed by atoms with Crippen LogP contribution in [0.4, 0.5) is 0 Å². The summed E-state index contributed by atoms with van der Waals surface area (Å²) in [4.78, 5) is 31.7. The van der Waals surface area contributed by atoms with Crippen molar-refractivity contribution in [3.05, 3.63) is 59.1 Å². The lowest BCUT2D eigenvalue weighted by Gasteiger charge is -2.32. The first-order chi connectivity index (χ1) is 14.6. The lowest BCUT2D eigenvalue weighted by molar-refractivity contribution is -0.131. The minimum absolute atomic E-state index is 0.00138. The number of nitrogens with one attached hydrogen (secondary N) is 1. The highest BCUT2D eigenvalue weighted by Gasteiger charge is 2.27. The average Bonchev–Trinajstić information content (AvgIpc) is 3.22. The van der Waals surface area contributed by atoms with E-state index in [1.807, 2.05) is 30.0 Å². The summed E-state index contributed by atoms with van der Waals surface area (Å²) in [5.74, 6) is 0.660. The molecule has 6 nitrogen and oxygen atoms in total. The molecule has 156 valence electrons. The van der Waals surface area contributed by atoms with Crippen molar-refractivity contribution in [3.63, 3.8) is 0 Å². The van der Waals surface area contributed by atoms with Gasteiger partial charge in [0, 0.05) is 24.6 Å². The molecular formula is C23H25N3O3S. The van der Waals surface area contributed by atoms with Gasteiger partial charge in [-0.1, -0.05) is 12.1 Å². The zero-order chi connectivity index (χ0) is 20.9. The molecule has 0 saturated carbocycles. The van der Waals surface area contributed by atoms with Crippen LogP contribution in [-0.2, 0) is 4.79 Å². The van der Waals surface area contributed by atoms with Gasteiger partial charge in [0.1, 0.15) is 5.75 Å². The summed E-state index contributed by atoms with van der Waals surface area (Å²) in [6.45, 7) is 3.86. The smallest absolute Gasteiger partial charge is 0.251 e. The first kappa shape index (κ1) is 20.3. The molecule has 30 heavy (non-hydrogen) atoms. The highest BCUT2D eigenvalue weighted by Crippen LogP contribution is 2.32. The van der Waals surface area contributed by atoms with Crippen LogP contribution in [0, 0.1) is 0 Å². The van der Waals surface area contributed by atoms with E-state index in [1.165, 1.54) is 4.70 Å². The van der Waals surface area contributed by atoms with Crippen LogP contribution in [0.3, 0.4) is 0 Å². The van der Waals surface area contributed by atoms with Gasteiger partial charge in [0.25, 0.3) is 5.91 Å². The van der Waals surface area contributed by atoms with E-state index in [2.05, 4.69) is 11.4 Å². The molecule has 1 aromatic heterocycles. The van der Waals surface area contributed by atoms with Crippen molar-refractivity contribution in [2.75, 3.05) is 26.2 Å². The zero-order valence-corrected chi connectivity index (χ0v) is 17.8. The lowest BCUT2D eigenvalue weighted by atomic mass is 9.98. The Bertz CT molecular complexity index is 999. The van der Waals surface area contributed by atoms with Crippen molar-refractivity contribution in [1.82, 2.24) is 15.2 Å². The van der Waals surface area contributed by atoms with E-state index in [0.717, 1.165) is 35.7 Å². The second-order valence-electron chi connectivity index (χ2n) is 7.34. The van der Waals surface area contributed by atoms with Crippen molar-refractivity contribution >= 4 is 33.4 Å². The number of hydrogen-bond donors (Lipinski definition) is 1. The van der Waals surface area contributed by atoms with E-state index < -0.39 is 0 Å². The Labute approximate surface area is 179 Å². The normalized spacial score (nSPS) is 16.4. The summed E-state index contributed by atoms with van der Waals surface area (Å²) in [7, 11) is 0. The first-order valence-electron chi connectivity index (χ1n) is 10.3. The van der Waals surface area contributed by atoms with Gasteiger partial charge in [-0.15, -0.1) is 11.3 Å². The number of aromatic nitrogens is 1. The van der Waals surface area contributed by atoms with E-state index in [4.69, 9.17) is 9.72 Å². The number of rotatable bonds is 6. The van der Waals surface area contributed by atoms with Gasteiger partial charge in [-0.05, 0) is 56.2 Å². The molecule has 0 spiro atoms. The third-order valence-corrected chi connectivity index (χ3v) is 6.46. The summed E-state index contributed by atoms with van der Waals surface area (Å²) in [5.41, 5.74) is 1.53. The van der Waals surface area contributed by atoms with E-state index in [-0.39, 0.29) is 24.3 Å². The molecule has 4 rings (SSSR count). The maximum Gasteiger partial charge on any atom is 0.251 e. The second kappa shape index (κ2) is 9.26. The van der Waals surface area contributed by atoms with Gasteiger partial charge in [0.05, 0.1) is 28.4 Å². The topological polar surface area (TPSA) is 71.5 Å². The van der Waals surface area contributed by atoms with Gasteiger partial charge >= 0.3 is 0 Å². The number of para-hydroxylation sites is 1. The number of likely N-dealkylation sites (tertiary alicyclic amines) is 1. The number of carbonyl (C=O) groups excluding carboxylic acids is 2. The van der Waals surface area contributed by atoms with Crippen LogP contribution in [0.15, 0.2) is 48.5 Å². The summed E-state index contributed by atoms with van der Waals surface area (Å²) in [6.07, 6.45) is 1.97. The molecule has 1 fully saturated rings. The molecular weight excluding hydrogens is 398 g/mol. The SMILES string of the molecule is CCOc1ccc(C(=O)NCC(=O)N2CCC[C@@H](c3nc4ccccc4s3)C2)cc1. The van der Waals surface area contributed by atoms with Gasteiger partial charge in [0.2, 0.25) is 5.91 Å². The Morgan fingerprint density at radius 3 is 2.77 bits per heavy atom. The number of nitrogens with zero attached hydrogens (tertiary/aromatic N) is 2. The minimum atomic E-state index is -0.258. The van der Waals surface area contributed by atoms with Gasteiger partial charge in [0.15, 0.2) is 0 Å². The quantitative estimate of drug-likeness (QED) is 0.654. The van der Waals surface area contributed by atoms with Crippen molar-refractivity contribution < 1.29 is 14.3 Å². The molecule has 1 atom stereocenters. The van der Waals surface area contributed by atoms with Crippen LogP contribution in [0.2, 0.25) is 0 Å². The fourth-order valence-electron chi connectivity index (χ4n) is 3.71. The zero-order valence-electron chi connectivity index (χ0n) is 17.0. The molecule has 7 heteroatoms. The predicted octanol–water partition coefficient (Wildman–Crippen LogP) is 3.83. The van der Waals surface area contributed by atoms with Crippen molar-refractivity contribution in [1.29, 1.82) is 0 Å². The molecule has 1 aliphatic heterocycles. The summed E-state index contributed by atoms with van der Waals surface area (Å²) in [6, 6.07) is 15.0. The molecule has 2 amide bonds. The molecule has 0 radical (unpaired) electrons. The Balaban J connectivity index is 1.33. The maximum atomic E-state index is 12.7. The van der Waals surface area contributed by atoms with E-state index in [0.29, 0.717) is 18.7 Å². The molecule has 2 aromatic carbocycles. The largest absolute Gasteiger partial charge is 0.494 e. The third-order valence-electron chi connectivity index (χ3n) is 5.26. The molecule has 3 aromatic rings. The van der Waals surface area contributed by atoms with Gasteiger partial charge in [-0.2, -0.15) is 0 Å². The van der Waals surface area contributed by atoms with Crippen molar-refractivity contribution in [2.45, 2.75) is 25.7 Å². The number of amides is 2. The summed E-state index contributed by atoms with van der Waals surface area (Å²) >= 11 is 1.71. The Hall–Kier alpha value is -2.93. The van der Waals surface area contributed by atoms with Crippen LogP contribution in [0.1, 0.15) is 41.0 Å². The molecule has 1 saturated heterocycles. The van der Waals surface area contributed by atoms with Crippen LogP contribution in [0.5, 0.6) is 5.75 Å². The summed E-state index contributed by atoms with van der Waals surface area (Å²) in [5, 5.41) is 3.83. The highest BCUT2D eigenvalue weighted by molar-refractivity contribution is 7.18. The number of carbonyl (C=O) groups is 2. The number of piperidine rings is 1. The molecule has 0 bridgehead atoms. The maximum absolute atomic E-state index is 12.7. The van der Waals surface area contributed by atoms with Crippen LogP contribution >= 0.6 is 11.3 Å². The fourth-order valence-corrected chi connectivity index (χ4v) is 4.80. The van der Waals surface area contributed by atoms with E-state index in [9.17, 15) is 9.59 Å². The summed E-state index contributed by atoms with van der Waals surface area (Å²) < 4.78 is 6.57. The van der Waals surface area contributed by atoms with Crippen LogP contribution in [0.25, 0.3) is 10.2 Å².